The average Bonchev–Trinajstić information content (AvgIpc) is 2.98. The maximum absolute atomic E-state index is 13.3. The molecule has 43 heavy (non-hydrogen) atoms. The van der Waals surface area contributed by atoms with Crippen LogP contribution in [0, 0.1) is 10.1 Å². The van der Waals surface area contributed by atoms with Crippen LogP contribution in [0.4, 0.5) is 17.1 Å². The number of rotatable bonds is 10. The number of anilines is 2. The van der Waals surface area contributed by atoms with Crippen molar-refractivity contribution in [3.63, 3.8) is 0 Å². The summed E-state index contributed by atoms with van der Waals surface area (Å²) in [5, 5.41) is 19.5. The van der Waals surface area contributed by atoms with Crippen molar-refractivity contribution in [2.45, 2.75) is 17.1 Å². The van der Waals surface area contributed by atoms with Crippen molar-refractivity contribution in [1.29, 1.82) is 0 Å². The molecule has 1 atom stereocenters. The molecule has 0 aliphatic carbocycles. The molecule has 3 N–H and O–H groups in total. The minimum Gasteiger partial charge on any atom is -0.325 e. The van der Waals surface area contributed by atoms with Gasteiger partial charge in [-0.3, -0.25) is 24.5 Å². The molecule has 4 aromatic rings. The number of benzene rings is 4. The number of hydrogen-bond donors (Lipinski definition) is 3. The Morgan fingerprint density at radius 2 is 1.47 bits per heavy atom. The van der Waals surface area contributed by atoms with Gasteiger partial charge in [0.2, 0.25) is 5.91 Å². The summed E-state index contributed by atoms with van der Waals surface area (Å²) in [6.45, 7) is 1.76. The number of carbonyl (C=O) groups excluding carboxylic acids is 3. The molecule has 0 radical (unpaired) electrons. The van der Waals surface area contributed by atoms with E-state index in [2.05, 4.69) is 16.0 Å². The summed E-state index contributed by atoms with van der Waals surface area (Å²) < 4.78 is 0. The van der Waals surface area contributed by atoms with Crippen LogP contribution in [0.5, 0.6) is 0 Å². The first kappa shape index (κ1) is 31.3. The van der Waals surface area contributed by atoms with E-state index in [0.29, 0.717) is 32.5 Å². The summed E-state index contributed by atoms with van der Waals surface area (Å²) >= 11 is 13.3. The number of nitrogens with one attached hydrogen (secondary N) is 3. The van der Waals surface area contributed by atoms with E-state index in [0.717, 1.165) is 4.90 Å². The van der Waals surface area contributed by atoms with Gasteiger partial charge in [0.25, 0.3) is 17.5 Å². The Balaban J connectivity index is 1.45. The van der Waals surface area contributed by atoms with Gasteiger partial charge in [0.15, 0.2) is 0 Å². The van der Waals surface area contributed by atoms with E-state index in [1.165, 1.54) is 42.1 Å². The minimum absolute atomic E-state index is 0.0624. The first-order chi connectivity index (χ1) is 20.6. The molecule has 1 unspecified atom stereocenters. The fourth-order valence-electron chi connectivity index (χ4n) is 3.74. The van der Waals surface area contributed by atoms with Gasteiger partial charge in [0.1, 0.15) is 5.70 Å². The lowest BCUT2D eigenvalue weighted by Crippen LogP contribution is -2.30. The van der Waals surface area contributed by atoms with Gasteiger partial charge in [0, 0.05) is 44.0 Å². The van der Waals surface area contributed by atoms with E-state index >= 15 is 0 Å². The Morgan fingerprint density at radius 1 is 0.837 bits per heavy atom. The highest BCUT2D eigenvalue weighted by Crippen LogP contribution is 2.27. The fourth-order valence-corrected chi connectivity index (χ4v) is 5.14. The van der Waals surface area contributed by atoms with Crippen molar-refractivity contribution in [2.24, 2.45) is 0 Å². The molecule has 3 amide bonds. The van der Waals surface area contributed by atoms with Crippen LogP contribution >= 0.6 is 35.0 Å². The number of nitro benzene ring substituents is 1. The van der Waals surface area contributed by atoms with Crippen LogP contribution in [0.1, 0.15) is 22.8 Å². The molecular weight excluding hydrogens is 611 g/mol. The lowest BCUT2D eigenvalue weighted by Gasteiger charge is -2.14. The Morgan fingerprint density at radius 3 is 2.07 bits per heavy atom. The van der Waals surface area contributed by atoms with Crippen LogP contribution in [0.2, 0.25) is 10.0 Å². The smallest absolute Gasteiger partial charge is 0.272 e. The Hall–Kier alpha value is -4.64. The highest BCUT2D eigenvalue weighted by atomic mass is 35.5. The predicted octanol–water partition coefficient (Wildman–Crippen LogP) is 7.43. The van der Waals surface area contributed by atoms with Gasteiger partial charge in [0.05, 0.1) is 10.2 Å². The molecular formula is C31H24Cl2N4O5S. The quantitative estimate of drug-likeness (QED) is 0.0719. The Kier molecular flexibility index (Phi) is 10.6. The molecule has 4 rings (SSSR count). The van der Waals surface area contributed by atoms with E-state index in [9.17, 15) is 24.5 Å². The third kappa shape index (κ3) is 9.17. The van der Waals surface area contributed by atoms with E-state index in [-0.39, 0.29) is 17.3 Å². The number of thioether (sulfide) groups is 1. The van der Waals surface area contributed by atoms with Crippen molar-refractivity contribution in [2.75, 3.05) is 10.6 Å². The van der Waals surface area contributed by atoms with Crippen molar-refractivity contribution in [3.8, 4) is 0 Å². The van der Waals surface area contributed by atoms with Gasteiger partial charge < -0.3 is 16.0 Å². The third-order valence-electron chi connectivity index (χ3n) is 5.87. The lowest BCUT2D eigenvalue weighted by molar-refractivity contribution is -0.384. The number of nitrogens with zero attached hydrogens (tertiary/aromatic N) is 1. The molecule has 0 aliphatic rings. The number of hydrogen-bond acceptors (Lipinski definition) is 6. The van der Waals surface area contributed by atoms with Crippen LogP contribution < -0.4 is 16.0 Å². The van der Waals surface area contributed by atoms with Crippen molar-refractivity contribution >= 4 is 75.8 Å². The summed E-state index contributed by atoms with van der Waals surface area (Å²) in [5.74, 6) is -1.34. The number of amides is 3. The fraction of sp³-hybridized carbons (Fsp3) is 0.0645. The first-order valence-corrected chi connectivity index (χ1v) is 14.4. The molecule has 0 saturated heterocycles. The molecule has 4 aromatic carbocycles. The molecule has 0 aliphatic heterocycles. The summed E-state index contributed by atoms with van der Waals surface area (Å²) in [5.41, 5.74) is 1.60. The van der Waals surface area contributed by atoms with Crippen LogP contribution in [0.25, 0.3) is 6.08 Å². The topological polar surface area (TPSA) is 130 Å². The monoisotopic (exact) mass is 634 g/mol. The van der Waals surface area contributed by atoms with Gasteiger partial charge in [-0.25, -0.2) is 0 Å². The Bertz CT molecular complexity index is 1660. The Labute approximate surface area is 261 Å². The minimum atomic E-state index is -0.601. The zero-order chi connectivity index (χ0) is 30.9. The van der Waals surface area contributed by atoms with E-state index in [1.807, 2.05) is 0 Å². The largest absolute Gasteiger partial charge is 0.325 e. The SMILES string of the molecule is CC(Sc1ccc(NC(=O)/C(=C/c2ccc([N+](=O)[O-])cc2)NC(=O)c2ccccc2)cc1)C(=O)Nc1cc(Cl)cc(Cl)c1. The summed E-state index contributed by atoms with van der Waals surface area (Å²) in [4.78, 5) is 50.0. The van der Waals surface area contributed by atoms with Crippen LogP contribution in [0.15, 0.2) is 108 Å². The molecule has 218 valence electrons. The van der Waals surface area contributed by atoms with Gasteiger partial charge in [-0.15, -0.1) is 11.8 Å². The highest BCUT2D eigenvalue weighted by Gasteiger charge is 2.17. The predicted molar refractivity (Wildman–Crippen MR) is 170 cm³/mol. The zero-order valence-electron chi connectivity index (χ0n) is 22.5. The lowest BCUT2D eigenvalue weighted by atomic mass is 10.1. The number of halogens is 2. The van der Waals surface area contributed by atoms with Gasteiger partial charge in [-0.1, -0.05) is 41.4 Å². The standard InChI is InChI=1S/C31H24Cl2N4O5S/c1-19(29(38)35-25-17-22(32)16-23(33)18-25)43-27-13-9-24(10-14-27)34-31(40)28(36-30(39)21-5-3-2-4-6-21)15-20-7-11-26(12-8-20)37(41)42/h2-19H,1H3,(H,34,40)(H,35,38)(H,36,39)/b28-15-. The first-order valence-electron chi connectivity index (χ1n) is 12.7. The summed E-state index contributed by atoms with van der Waals surface area (Å²) in [7, 11) is 0. The van der Waals surface area contributed by atoms with Crippen molar-refractivity contribution < 1.29 is 19.3 Å². The van der Waals surface area contributed by atoms with Crippen LogP contribution in [0.3, 0.4) is 0 Å². The maximum Gasteiger partial charge on any atom is 0.272 e. The normalized spacial score (nSPS) is 11.7. The zero-order valence-corrected chi connectivity index (χ0v) is 24.9. The molecule has 9 nitrogen and oxygen atoms in total. The number of non-ortho nitro benzene ring substituents is 1. The maximum atomic E-state index is 13.3. The summed E-state index contributed by atoms with van der Waals surface area (Å²) in [6, 6.07) is 25.6. The number of nitro groups is 1. The molecule has 0 saturated carbocycles. The molecule has 0 bridgehead atoms. The van der Waals surface area contributed by atoms with Crippen molar-refractivity contribution in [1.82, 2.24) is 5.32 Å². The second-order valence-electron chi connectivity index (χ2n) is 9.11. The highest BCUT2D eigenvalue weighted by molar-refractivity contribution is 8.00. The third-order valence-corrected chi connectivity index (χ3v) is 7.42. The van der Waals surface area contributed by atoms with E-state index in [1.54, 1.807) is 79.7 Å². The van der Waals surface area contributed by atoms with Crippen molar-refractivity contribution in [3.05, 3.63) is 134 Å². The van der Waals surface area contributed by atoms with E-state index < -0.39 is 22.0 Å². The van der Waals surface area contributed by atoms with Gasteiger partial charge in [-0.2, -0.15) is 0 Å². The molecule has 0 spiro atoms. The van der Waals surface area contributed by atoms with E-state index in [4.69, 9.17) is 23.2 Å². The van der Waals surface area contributed by atoms with Crippen LogP contribution in [-0.2, 0) is 9.59 Å². The molecule has 12 heteroatoms. The number of carbonyl (C=O) groups is 3. The molecule has 0 heterocycles. The second-order valence-corrected chi connectivity index (χ2v) is 11.4. The van der Waals surface area contributed by atoms with Gasteiger partial charge >= 0.3 is 0 Å². The average molecular weight is 636 g/mol. The van der Waals surface area contributed by atoms with Gasteiger partial charge in [-0.05, 0) is 85.3 Å². The van der Waals surface area contributed by atoms with Crippen LogP contribution in [-0.4, -0.2) is 27.9 Å². The summed E-state index contributed by atoms with van der Waals surface area (Å²) in [6.07, 6.45) is 1.43. The molecule has 0 fully saturated rings. The molecule has 0 aromatic heterocycles. The second kappa shape index (κ2) is 14.5.